The Bertz CT molecular complexity index is 363. The molecule has 0 saturated heterocycles. The lowest BCUT2D eigenvalue weighted by Gasteiger charge is -2.10. The van der Waals surface area contributed by atoms with Crippen LogP contribution in [0, 0.1) is 5.82 Å². The van der Waals surface area contributed by atoms with E-state index >= 15 is 0 Å². The number of benzene rings is 1. The quantitative estimate of drug-likeness (QED) is 0.580. The fraction of sp³-hybridized carbons (Fsp3) is 0.429. The molecule has 1 N–H and O–H groups in total. The van der Waals surface area contributed by atoms with Gasteiger partial charge in [-0.25, -0.2) is 4.39 Å². The average Bonchev–Trinajstić information content (AvgIpc) is 2.26. The first kappa shape index (κ1) is 13.7. The van der Waals surface area contributed by atoms with Crippen LogP contribution in [0.4, 0.5) is 4.39 Å². The van der Waals surface area contributed by atoms with Crippen molar-refractivity contribution in [2.45, 2.75) is 32.9 Å². The first-order valence-electron chi connectivity index (χ1n) is 5.88. The zero-order valence-electron chi connectivity index (χ0n) is 10.5. The average molecular weight is 237 g/mol. The zero-order chi connectivity index (χ0) is 12.7. The van der Waals surface area contributed by atoms with Gasteiger partial charge in [-0.15, -0.1) is 6.58 Å². The third-order valence-corrected chi connectivity index (χ3v) is 2.24. The summed E-state index contributed by atoms with van der Waals surface area (Å²) in [7, 11) is 0. The predicted octanol–water partition coefficient (Wildman–Crippen LogP) is 3.28. The second-order valence-electron chi connectivity index (χ2n) is 4.26. The minimum absolute atomic E-state index is 0.262. The summed E-state index contributed by atoms with van der Waals surface area (Å²) in [4.78, 5) is 0. The number of hydrogen-bond acceptors (Lipinski definition) is 2. The molecule has 2 nitrogen and oxygen atoms in total. The summed E-state index contributed by atoms with van der Waals surface area (Å²) >= 11 is 0. The molecule has 0 aromatic heterocycles. The Labute approximate surface area is 102 Å². The van der Waals surface area contributed by atoms with Crippen molar-refractivity contribution in [3.05, 3.63) is 42.2 Å². The Morgan fingerprint density at radius 3 is 2.82 bits per heavy atom. The van der Waals surface area contributed by atoms with Crippen LogP contribution < -0.4 is 10.1 Å². The standard InChI is InChI=1S/C14H20FNO/c1-4-5-6-17-14-8-12(7-13(15)9-14)10-16-11(2)3/h4,7-9,11,16H,1,5-6,10H2,2-3H3. The molecule has 1 aromatic rings. The van der Waals surface area contributed by atoms with Gasteiger partial charge in [0, 0.05) is 18.7 Å². The van der Waals surface area contributed by atoms with Crippen LogP contribution in [0.5, 0.6) is 5.75 Å². The first-order valence-corrected chi connectivity index (χ1v) is 5.88. The van der Waals surface area contributed by atoms with Crippen LogP contribution in [-0.4, -0.2) is 12.6 Å². The Morgan fingerprint density at radius 2 is 2.18 bits per heavy atom. The molecule has 0 aliphatic heterocycles. The van der Waals surface area contributed by atoms with Crippen molar-refractivity contribution in [3.63, 3.8) is 0 Å². The fourth-order valence-corrected chi connectivity index (χ4v) is 1.39. The van der Waals surface area contributed by atoms with Gasteiger partial charge in [-0.2, -0.15) is 0 Å². The van der Waals surface area contributed by atoms with Gasteiger partial charge in [-0.05, 0) is 24.1 Å². The molecule has 94 valence electrons. The molecule has 0 heterocycles. The van der Waals surface area contributed by atoms with Gasteiger partial charge in [0.05, 0.1) is 6.61 Å². The van der Waals surface area contributed by atoms with Crippen LogP contribution in [0.25, 0.3) is 0 Å². The lowest BCUT2D eigenvalue weighted by Crippen LogP contribution is -2.21. The Hall–Kier alpha value is -1.35. The molecule has 1 rings (SSSR count). The zero-order valence-corrected chi connectivity index (χ0v) is 10.5. The predicted molar refractivity (Wildman–Crippen MR) is 68.7 cm³/mol. The second-order valence-corrected chi connectivity index (χ2v) is 4.26. The number of rotatable bonds is 7. The Morgan fingerprint density at radius 1 is 1.41 bits per heavy atom. The van der Waals surface area contributed by atoms with E-state index in [0.29, 0.717) is 24.9 Å². The topological polar surface area (TPSA) is 21.3 Å². The Balaban J connectivity index is 2.61. The second kappa shape index (κ2) is 7.07. The molecule has 0 atom stereocenters. The first-order chi connectivity index (χ1) is 8.11. The summed E-state index contributed by atoms with van der Waals surface area (Å²) in [6.45, 7) is 8.90. The van der Waals surface area contributed by atoms with Crippen LogP contribution >= 0.6 is 0 Å². The van der Waals surface area contributed by atoms with E-state index in [1.54, 1.807) is 6.08 Å². The van der Waals surface area contributed by atoms with E-state index in [4.69, 9.17) is 4.74 Å². The maximum Gasteiger partial charge on any atom is 0.127 e. The fourth-order valence-electron chi connectivity index (χ4n) is 1.39. The summed E-state index contributed by atoms with van der Waals surface area (Å²) < 4.78 is 18.8. The third kappa shape index (κ3) is 5.50. The van der Waals surface area contributed by atoms with Gasteiger partial charge >= 0.3 is 0 Å². The van der Waals surface area contributed by atoms with Gasteiger partial charge in [0.15, 0.2) is 0 Å². The highest BCUT2D eigenvalue weighted by Crippen LogP contribution is 2.16. The molecule has 1 aromatic carbocycles. The summed E-state index contributed by atoms with van der Waals surface area (Å²) in [6.07, 6.45) is 2.54. The van der Waals surface area contributed by atoms with Crippen LogP contribution in [0.1, 0.15) is 25.8 Å². The Kier molecular flexibility index (Phi) is 5.70. The smallest absolute Gasteiger partial charge is 0.127 e. The van der Waals surface area contributed by atoms with Gasteiger partial charge in [-0.1, -0.05) is 19.9 Å². The van der Waals surface area contributed by atoms with Gasteiger partial charge in [0.25, 0.3) is 0 Å². The van der Waals surface area contributed by atoms with Crippen LogP contribution in [0.3, 0.4) is 0 Å². The minimum atomic E-state index is -0.262. The van der Waals surface area contributed by atoms with E-state index in [1.807, 2.05) is 6.07 Å². The highest BCUT2D eigenvalue weighted by molar-refractivity contribution is 5.29. The van der Waals surface area contributed by atoms with Crippen molar-refractivity contribution in [2.75, 3.05) is 6.61 Å². The summed E-state index contributed by atoms with van der Waals surface area (Å²) in [5.74, 6) is 0.314. The van der Waals surface area contributed by atoms with Gasteiger partial charge in [-0.3, -0.25) is 0 Å². The molecule has 0 fully saturated rings. The van der Waals surface area contributed by atoms with E-state index in [2.05, 4.69) is 25.7 Å². The molecular weight excluding hydrogens is 217 g/mol. The van der Waals surface area contributed by atoms with Crippen molar-refractivity contribution in [3.8, 4) is 5.75 Å². The number of ether oxygens (including phenoxy) is 1. The number of nitrogens with one attached hydrogen (secondary N) is 1. The number of hydrogen-bond donors (Lipinski definition) is 1. The van der Waals surface area contributed by atoms with Crippen LogP contribution in [0.15, 0.2) is 30.9 Å². The van der Waals surface area contributed by atoms with Crippen molar-refractivity contribution < 1.29 is 9.13 Å². The van der Waals surface area contributed by atoms with Gasteiger partial charge in [0.2, 0.25) is 0 Å². The SMILES string of the molecule is C=CCCOc1cc(F)cc(CNC(C)C)c1. The van der Waals surface area contributed by atoms with Gasteiger partial charge < -0.3 is 10.1 Å². The van der Waals surface area contributed by atoms with Crippen LogP contribution in [-0.2, 0) is 6.54 Å². The molecule has 0 aliphatic carbocycles. The normalized spacial score (nSPS) is 10.6. The summed E-state index contributed by atoms with van der Waals surface area (Å²) in [5.41, 5.74) is 0.896. The van der Waals surface area contributed by atoms with E-state index < -0.39 is 0 Å². The minimum Gasteiger partial charge on any atom is -0.493 e. The lowest BCUT2D eigenvalue weighted by atomic mass is 10.2. The van der Waals surface area contributed by atoms with Crippen molar-refractivity contribution >= 4 is 0 Å². The van der Waals surface area contributed by atoms with Crippen molar-refractivity contribution in [1.82, 2.24) is 5.32 Å². The van der Waals surface area contributed by atoms with E-state index in [-0.39, 0.29) is 5.82 Å². The number of halogens is 1. The molecular formula is C14H20FNO. The molecule has 0 radical (unpaired) electrons. The third-order valence-electron chi connectivity index (χ3n) is 2.24. The molecule has 17 heavy (non-hydrogen) atoms. The van der Waals surface area contributed by atoms with E-state index in [0.717, 1.165) is 12.0 Å². The van der Waals surface area contributed by atoms with Crippen LogP contribution in [0.2, 0.25) is 0 Å². The highest BCUT2D eigenvalue weighted by atomic mass is 19.1. The molecule has 0 bridgehead atoms. The largest absolute Gasteiger partial charge is 0.493 e. The molecule has 3 heteroatoms. The monoisotopic (exact) mass is 237 g/mol. The summed E-state index contributed by atoms with van der Waals surface area (Å²) in [6, 6.07) is 5.17. The van der Waals surface area contributed by atoms with E-state index in [9.17, 15) is 4.39 Å². The van der Waals surface area contributed by atoms with Gasteiger partial charge in [0.1, 0.15) is 11.6 Å². The van der Waals surface area contributed by atoms with Crippen molar-refractivity contribution in [2.24, 2.45) is 0 Å². The molecule has 0 unspecified atom stereocenters. The van der Waals surface area contributed by atoms with Crippen molar-refractivity contribution in [1.29, 1.82) is 0 Å². The molecule has 0 amide bonds. The maximum absolute atomic E-state index is 13.3. The molecule has 0 saturated carbocycles. The lowest BCUT2D eigenvalue weighted by molar-refractivity contribution is 0.322. The maximum atomic E-state index is 13.3. The van der Waals surface area contributed by atoms with E-state index in [1.165, 1.54) is 12.1 Å². The molecule has 0 spiro atoms. The highest BCUT2D eigenvalue weighted by Gasteiger charge is 2.02. The molecule has 0 aliphatic rings. The summed E-state index contributed by atoms with van der Waals surface area (Å²) in [5, 5.41) is 3.25.